The van der Waals surface area contributed by atoms with Crippen LogP contribution in [0.4, 0.5) is 0 Å². The summed E-state index contributed by atoms with van der Waals surface area (Å²) in [5.41, 5.74) is 0. The van der Waals surface area contributed by atoms with Crippen LogP contribution in [0.15, 0.2) is 122 Å². The van der Waals surface area contributed by atoms with Gasteiger partial charge in [-0.3, -0.25) is 14.4 Å². The molecule has 6 nitrogen and oxygen atoms in total. The zero-order valence-corrected chi connectivity index (χ0v) is 45.2. The SMILES string of the molecule is CC/C=C\C/C=C\C/C=C\C/C=C\C/C=C\C/C=C\C/C=C\CCCC(=O)OCC(COC(=O)CCCCCCCC)OC(=O)CCCCCCCCCC/C=C\C/C=C\C/C=C\CCCCCCC. The average molecular weight is 970 g/mol. The van der Waals surface area contributed by atoms with E-state index in [1.165, 1.54) is 89.9 Å². The fraction of sp³-hybridized carbons (Fsp3) is 0.641. The van der Waals surface area contributed by atoms with Crippen LogP contribution in [0, 0.1) is 0 Å². The molecule has 0 heterocycles. The molecule has 0 aromatic heterocycles. The minimum absolute atomic E-state index is 0.102. The number of carbonyl (C=O) groups excluding carboxylic acids is 3. The van der Waals surface area contributed by atoms with E-state index in [-0.39, 0.29) is 37.5 Å². The second-order valence-corrected chi connectivity index (χ2v) is 18.5. The van der Waals surface area contributed by atoms with E-state index in [1.54, 1.807) is 0 Å². The third-order valence-electron chi connectivity index (χ3n) is 11.7. The van der Waals surface area contributed by atoms with Crippen LogP contribution in [-0.2, 0) is 28.6 Å². The second kappa shape index (κ2) is 57.4. The molecule has 0 amide bonds. The highest BCUT2D eigenvalue weighted by molar-refractivity contribution is 5.71. The summed E-state index contributed by atoms with van der Waals surface area (Å²) in [4.78, 5) is 37.9. The van der Waals surface area contributed by atoms with Crippen LogP contribution in [0.25, 0.3) is 0 Å². The molecule has 0 rings (SSSR count). The Balaban J connectivity index is 4.30. The molecule has 0 aromatic rings. The van der Waals surface area contributed by atoms with Gasteiger partial charge in [-0.05, 0) is 109 Å². The minimum Gasteiger partial charge on any atom is -0.462 e. The van der Waals surface area contributed by atoms with Gasteiger partial charge in [-0.15, -0.1) is 0 Å². The van der Waals surface area contributed by atoms with E-state index >= 15 is 0 Å². The molecule has 0 aliphatic carbocycles. The molecule has 0 saturated heterocycles. The van der Waals surface area contributed by atoms with Gasteiger partial charge in [0.25, 0.3) is 0 Å². The highest BCUT2D eigenvalue weighted by atomic mass is 16.6. The molecule has 0 N–H and O–H groups in total. The first-order valence-corrected chi connectivity index (χ1v) is 28.5. The molecule has 0 radical (unpaired) electrons. The first-order valence-electron chi connectivity index (χ1n) is 28.5. The number of hydrogen-bond donors (Lipinski definition) is 0. The summed E-state index contributed by atoms with van der Waals surface area (Å²) >= 11 is 0. The summed E-state index contributed by atoms with van der Waals surface area (Å²) in [5.74, 6) is -0.985. The van der Waals surface area contributed by atoms with Gasteiger partial charge in [0, 0.05) is 19.3 Å². The Morgan fingerprint density at radius 1 is 0.300 bits per heavy atom. The lowest BCUT2D eigenvalue weighted by atomic mass is 10.1. The van der Waals surface area contributed by atoms with Crippen molar-refractivity contribution >= 4 is 17.9 Å². The van der Waals surface area contributed by atoms with E-state index in [1.807, 2.05) is 0 Å². The van der Waals surface area contributed by atoms with Crippen LogP contribution in [-0.4, -0.2) is 37.2 Å². The molecule has 0 aromatic carbocycles. The van der Waals surface area contributed by atoms with Crippen molar-refractivity contribution in [2.75, 3.05) is 13.2 Å². The van der Waals surface area contributed by atoms with Gasteiger partial charge < -0.3 is 14.2 Å². The molecule has 0 spiro atoms. The number of ether oxygens (including phenoxy) is 3. The van der Waals surface area contributed by atoms with E-state index in [0.717, 1.165) is 109 Å². The van der Waals surface area contributed by atoms with Gasteiger partial charge in [-0.2, -0.15) is 0 Å². The number of hydrogen-bond acceptors (Lipinski definition) is 6. The second-order valence-electron chi connectivity index (χ2n) is 18.5. The fourth-order valence-electron chi connectivity index (χ4n) is 7.44. The van der Waals surface area contributed by atoms with Crippen LogP contribution in [0.2, 0.25) is 0 Å². The van der Waals surface area contributed by atoms with Crippen LogP contribution in [0.3, 0.4) is 0 Å². The molecule has 396 valence electrons. The van der Waals surface area contributed by atoms with Crippen molar-refractivity contribution in [2.24, 2.45) is 0 Å². The largest absolute Gasteiger partial charge is 0.462 e. The Morgan fingerprint density at radius 2 is 0.571 bits per heavy atom. The van der Waals surface area contributed by atoms with E-state index in [2.05, 4.69) is 142 Å². The number of esters is 3. The van der Waals surface area contributed by atoms with Crippen molar-refractivity contribution in [1.29, 1.82) is 0 Å². The third kappa shape index (κ3) is 54.7. The van der Waals surface area contributed by atoms with Gasteiger partial charge in [-0.1, -0.05) is 239 Å². The summed E-state index contributed by atoms with van der Waals surface area (Å²) in [6.45, 7) is 6.39. The van der Waals surface area contributed by atoms with E-state index < -0.39 is 6.10 Å². The van der Waals surface area contributed by atoms with Gasteiger partial charge in [-0.25, -0.2) is 0 Å². The van der Waals surface area contributed by atoms with Crippen LogP contribution in [0.1, 0.15) is 245 Å². The highest BCUT2D eigenvalue weighted by Gasteiger charge is 2.19. The molecule has 0 aliphatic rings. The van der Waals surface area contributed by atoms with Crippen molar-refractivity contribution in [2.45, 2.75) is 252 Å². The van der Waals surface area contributed by atoms with Crippen LogP contribution < -0.4 is 0 Å². The Bertz CT molecular complexity index is 1490. The quantitative estimate of drug-likeness (QED) is 0.0262. The highest BCUT2D eigenvalue weighted by Crippen LogP contribution is 2.14. The van der Waals surface area contributed by atoms with Crippen molar-refractivity contribution < 1.29 is 28.6 Å². The van der Waals surface area contributed by atoms with Crippen molar-refractivity contribution in [3.63, 3.8) is 0 Å². The first kappa shape index (κ1) is 65.8. The third-order valence-corrected chi connectivity index (χ3v) is 11.7. The maximum Gasteiger partial charge on any atom is 0.306 e. The molecule has 6 heteroatoms. The number of allylic oxidation sites excluding steroid dienone is 20. The first-order chi connectivity index (χ1) is 34.5. The average Bonchev–Trinajstić information content (AvgIpc) is 3.36. The van der Waals surface area contributed by atoms with Gasteiger partial charge in [0.1, 0.15) is 13.2 Å². The Hall–Kier alpha value is -4.19. The van der Waals surface area contributed by atoms with Crippen molar-refractivity contribution in [3.05, 3.63) is 122 Å². The van der Waals surface area contributed by atoms with Crippen LogP contribution >= 0.6 is 0 Å². The van der Waals surface area contributed by atoms with Gasteiger partial charge in [0.15, 0.2) is 6.10 Å². The topological polar surface area (TPSA) is 78.9 Å². The zero-order chi connectivity index (χ0) is 50.7. The molecule has 1 atom stereocenters. The Kier molecular flexibility index (Phi) is 54.0. The summed E-state index contributed by atoms with van der Waals surface area (Å²) < 4.78 is 16.7. The van der Waals surface area contributed by atoms with Gasteiger partial charge >= 0.3 is 17.9 Å². The van der Waals surface area contributed by atoms with E-state index in [9.17, 15) is 14.4 Å². The fourth-order valence-corrected chi connectivity index (χ4v) is 7.44. The van der Waals surface area contributed by atoms with Crippen molar-refractivity contribution in [1.82, 2.24) is 0 Å². The molecule has 0 fully saturated rings. The predicted molar refractivity (Wildman–Crippen MR) is 302 cm³/mol. The number of unbranched alkanes of at least 4 members (excludes halogenated alkanes) is 19. The van der Waals surface area contributed by atoms with E-state index in [4.69, 9.17) is 14.2 Å². The molecular formula is C64H104O6. The Morgan fingerprint density at radius 3 is 0.929 bits per heavy atom. The lowest BCUT2D eigenvalue weighted by molar-refractivity contribution is -0.167. The summed E-state index contributed by atoms with van der Waals surface area (Å²) in [6.07, 6.45) is 79.4. The summed E-state index contributed by atoms with van der Waals surface area (Å²) in [5, 5.41) is 0. The maximum absolute atomic E-state index is 12.8. The van der Waals surface area contributed by atoms with Crippen LogP contribution in [0.5, 0.6) is 0 Å². The molecular weight excluding hydrogens is 865 g/mol. The van der Waals surface area contributed by atoms with E-state index in [0.29, 0.717) is 19.3 Å². The molecule has 0 aliphatic heterocycles. The normalized spacial score (nSPS) is 13.0. The van der Waals surface area contributed by atoms with Gasteiger partial charge in [0.05, 0.1) is 0 Å². The monoisotopic (exact) mass is 969 g/mol. The smallest absolute Gasteiger partial charge is 0.306 e. The number of rotatable bonds is 50. The zero-order valence-electron chi connectivity index (χ0n) is 45.2. The maximum atomic E-state index is 12.8. The minimum atomic E-state index is -0.806. The number of carbonyl (C=O) groups is 3. The molecule has 70 heavy (non-hydrogen) atoms. The Labute approximate surface area is 431 Å². The molecule has 1 unspecified atom stereocenters. The lowest BCUT2D eigenvalue weighted by Gasteiger charge is -2.18. The van der Waals surface area contributed by atoms with Gasteiger partial charge in [0.2, 0.25) is 0 Å². The molecule has 0 saturated carbocycles. The van der Waals surface area contributed by atoms with Crippen molar-refractivity contribution in [3.8, 4) is 0 Å². The predicted octanol–water partition coefficient (Wildman–Crippen LogP) is 19.3. The summed E-state index contributed by atoms with van der Waals surface area (Å²) in [6, 6.07) is 0. The standard InChI is InChI=1S/C64H104O6/c1-4-7-10-13-16-18-20-22-24-26-28-30-32-34-36-38-40-42-44-46-48-51-54-57-63(66)69-60-61(59-68-62(65)56-53-50-15-12-9-6-3)70-64(67)58-55-52-49-47-45-43-41-39-37-35-33-31-29-27-25-23-21-19-17-14-11-8-5-2/h7,10,16,18,21-24,27-30,33-36,40,42,46,48,61H,4-6,8-9,11-15,17,19-20,25-26,31-32,37-39,41,43-45,47,49-60H2,1-3H3/b10-7-,18-16-,23-21-,24-22-,29-27-,30-28-,35-33-,36-34-,42-40-,48-46-. The lowest BCUT2D eigenvalue weighted by Crippen LogP contribution is -2.30. The molecule has 0 bridgehead atoms. The summed E-state index contributed by atoms with van der Waals surface area (Å²) in [7, 11) is 0.